The first-order valence-electron chi connectivity index (χ1n) is 21.0. The van der Waals surface area contributed by atoms with Gasteiger partial charge in [-0.3, -0.25) is 0 Å². The molecule has 0 unspecified atom stereocenters. The number of benzene rings is 2. The number of pyridine rings is 3. The van der Waals surface area contributed by atoms with Crippen molar-refractivity contribution in [2.75, 3.05) is 0 Å². The number of aryl methyl sites for hydroxylation is 4. The van der Waals surface area contributed by atoms with Crippen LogP contribution in [-0.4, -0.2) is 23.0 Å². The van der Waals surface area contributed by atoms with Crippen LogP contribution in [0, 0.1) is 31.8 Å². The summed E-state index contributed by atoms with van der Waals surface area (Å²) in [5.74, 6) is -0.0856. The normalized spacial score (nSPS) is 19.8. The number of nitrogens with zero attached hydrogens (tertiary/aromatic N) is 3. The zero-order chi connectivity index (χ0) is 42.1. The summed E-state index contributed by atoms with van der Waals surface area (Å²) >= 11 is 1.13. The van der Waals surface area contributed by atoms with Crippen molar-refractivity contribution < 1.29 is 36.6 Å². The van der Waals surface area contributed by atoms with Gasteiger partial charge >= 0.3 is 0 Å². The Bertz CT molecular complexity index is 2460. The third-order valence-corrected chi connectivity index (χ3v) is 10.6. The topological polar surface area (TPSA) is 38.7 Å². The molecule has 0 saturated heterocycles. The van der Waals surface area contributed by atoms with Crippen LogP contribution in [-0.2, 0) is 39.2 Å². The maximum Gasteiger partial charge on any atom is 0.114 e. The van der Waals surface area contributed by atoms with Gasteiger partial charge in [0, 0.05) is 60.0 Å². The molecule has 1 aliphatic carbocycles. The number of rotatable bonds is 5. The molecule has 1 aliphatic rings. The van der Waals surface area contributed by atoms with E-state index in [-0.39, 0.29) is 61.2 Å². The monoisotopic (exact) mass is 830 g/mol. The van der Waals surface area contributed by atoms with Gasteiger partial charge < -0.3 is 9.97 Å². The molecule has 0 saturated carbocycles. The van der Waals surface area contributed by atoms with Crippen molar-refractivity contribution in [3.8, 4) is 22.5 Å². The van der Waals surface area contributed by atoms with Crippen LogP contribution >= 0.6 is 11.3 Å². The quantitative estimate of drug-likeness (QED) is 0.128. The summed E-state index contributed by atoms with van der Waals surface area (Å²) in [4.78, 5) is 13.6. The smallest absolute Gasteiger partial charge is 0.114 e. The minimum atomic E-state index is -2.46. The maximum atomic E-state index is 8.55. The molecule has 239 valence electrons. The Labute approximate surface area is 310 Å². The summed E-state index contributed by atoms with van der Waals surface area (Å²) in [5, 5.41) is 2.01. The molecular weight excluding hydrogens is 775 g/mol. The minimum Gasteiger partial charge on any atom is -0.305 e. The molecule has 4 heterocycles. The second-order valence-electron chi connectivity index (χ2n) is 12.3. The van der Waals surface area contributed by atoms with Gasteiger partial charge in [-0.15, -0.1) is 59.2 Å². The first kappa shape index (κ1) is 21.8. The Balaban J connectivity index is 0.000000241. The first-order chi connectivity index (χ1) is 26.2. The van der Waals surface area contributed by atoms with Crippen LogP contribution in [0.1, 0.15) is 71.1 Å². The van der Waals surface area contributed by atoms with E-state index in [2.05, 4.69) is 46.7 Å². The van der Waals surface area contributed by atoms with Crippen LogP contribution < -0.4 is 5.19 Å². The molecule has 46 heavy (non-hydrogen) atoms. The summed E-state index contributed by atoms with van der Waals surface area (Å²) in [6.45, 7) is 5.69. The van der Waals surface area contributed by atoms with Gasteiger partial charge in [0.1, 0.15) is 4.83 Å². The Kier molecular flexibility index (Phi) is 6.81. The fourth-order valence-electron chi connectivity index (χ4n) is 5.35. The molecule has 0 bridgehead atoms. The fraction of sp³-hybridized carbons (Fsp3) is 0.325. The maximum absolute atomic E-state index is 8.55. The average Bonchev–Trinajstić information content (AvgIpc) is 3.51. The van der Waals surface area contributed by atoms with E-state index in [0.717, 1.165) is 33.3 Å². The van der Waals surface area contributed by atoms with Gasteiger partial charge in [-0.05, 0) is 77.6 Å². The standard InChI is InChI=1S/C22H19N2S.C18H24NSi.Ir/c1-13-7-9-17(19-11-15-5-3-4-6-16(15)12-23-19)21-20(13)18-10-8-14(2)24-22(18)25-21;1-14(2)11-16-12-17(15-9-7-6-8-10-15)19-13-18(16)20(3,4)5;/h7-8,10-12H,3-6H2,1-2H3;6-9,12-14H,11H2,1-5H3;/q2*-1;/i1D3,2D3,5D2,6D2;11D2;. The third kappa shape index (κ3) is 7.41. The van der Waals surface area contributed by atoms with Gasteiger partial charge in [-0.25, -0.2) is 4.98 Å². The molecule has 0 spiro atoms. The average molecular weight is 830 g/mol. The number of aromatic nitrogens is 3. The van der Waals surface area contributed by atoms with Crippen LogP contribution in [0.3, 0.4) is 0 Å². The SMILES string of the molecule is [2H]C([2H])([2H])c1ccc2c(n1)sc1c(-c3cc4c(cn3)C([2H])([2H])CCC4([2H])[2H])[c-]cc(C([2H])([2H])[2H])c12.[2H]C([2H])(c1cc(-c2[c-]cccc2)ncc1[Si](C)(C)C)C(C)C.[Ir]. The molecule has 2 aromatic carbocycles. The van der Waals surface area contributed by atoms with Crippen LogP contribution in [0.2, 0.25) is 19.6 Å². The van der Waals surface area contributed by atoms with E-state index in [9.17, 15) is 0 Å². The van der Waals surface area contributed by atoms with E-state index in [1.54, 1.807) is 6.07 Å². The van der Waals surface area contributed by atoms with Gasteiger partial charge in [0.25, 0.3) is 0 Å². The van der Waals surface area contributed by atoms with Gasteiger partial charge in [-0.2, -0.15) is 11.3 Å². The Morgan fingerprint density at radius 2 is 1.78 bits per heavy atom. The Morgan fingerprint density at radius 3 is 2.50 bits per heavy atom. The van der Waals surface area contributed by atoms with Crippen molar-refractivity contribution in [2.45, 2.75) is 79.2 Å². The van der Waals surface area contributed by atoms with Gasteiger partial charge in [-0.1, -0.05) is 75.1 Å². The largest absolute Gasteiger partial charge is 0.305 e. The second-order valence-corrected chi connectivity index (χ2v) is 18.4. The summed E-state index contributed by atoms with van der Waals surface area (Å²) in [6.07, 6.45) is -1.50. The van der Waals surface area contributed by atoms with E-state index >= 15 is 0 Å². The van der Waals surface area contributed by atoms with E-state index in [1.165, 1.54) is 24.4 Å². The van der Waals surface area contributed by atoms with Gasteiger partial charge in [0.05, 0.1) is 8.07 Å². The van der Waals surface area contributed by atoms with Crippen LogP contribution in [0.15, 0.2) is 67.0 Å². The van der Waals surface area contributed by atoms with Crippen LogP contribution in [0.25, 0.3) is 42.8 Å². The summed E-state index contributed by atoms with van der Waals surface area (Å²) < 4.78 is 98.0. The molecule has 0 amide bonds. The van der Waals surface area contributed by atoms with Crippen LogP contribution in [0.4, 0.5) is 0 Å². The van der Waals surface area contributed by atoms with Crippen molar-refractivity contribution >= 4 is 44.9 Å². The minimum absolute atomic E-state index is 0. The van der Waals surface area contributed by atoms with Crippen molar-refractivity contribution in [1.29, 1.82) is 0 Å². The van der Waals surface area contributed by atoms with Gasteiger partial charge in [0.15, 0.2) is 0 Å². The van der Waals surface area contributed by atoms with E-state index < -0.39 is 40.9 Å². The zero-order valence-electron chi connectivity index (χ0n) is 38.4. The molecule has 0 N–H and O–H groups in total. The molecule has 0 aliphatic heterocycles. The molecular formula is C40H43IrN3SSi-2. The fourth-order valence-corrected chi connectivity index (χ4v) is 7.96. The number of hydrogen-bond donors (Lipinski definition) is 0. The van der Waals surface area contributed by atoms with Crippen LogP contribution in [0.5, 0.6) is 0 Å². The van der Waals surface area contributed by atoms with E-state index in [0.29, 0.717) is 31.6 Å². The van der Waals surface area contributed by atoms with E-state index in [4.69, 9.17) is 16.4 Å². The first-order valence-corrected chi connectivity index (χ1v) is 19.3. The van der Waals surface area contributed by atoms with E-state index in [1.807, 2.05) is 50.4 Å². The Morgan fingerprint density at radius 1 is 0.978 bits per heavy atom. The molecule has 0 atom stereocenters. The number of hydrogen-bond acceptors (Lipinski definition) is 4. The van der Waals surface area contributed by atoms with Gasteiger partial charge in [0.2, 0.25) is 0 Å². The molecule has 4 aromatic heterocycles. The van der Waals surface area contributed by atoms with Crippen molar-refractivity contribution in [1.82, 2.24) is 15.0 Å². The summed E-state index contributed by atoms with van der Waals surface area (Å²) in [7, 11) is -1.67. The predicted molar refractivity (Wildman–Crippen MR) is 195 cm³/mol. The van der Waals surface area contributed by atoms with Crippen molar-refractivity contribution in [3.05, 3.63) is 107 Å². The molecule has 3 nitrogen and oxygen atoms in total. The third-order valence-electron chi connectivity index (χ3n) is 7.47. The molecule has 6 heteroatoms. The number of fused-ring (bicyclic) bond motifs is 4. The summed E-state index contributed by atoms with van der Waals surface area (Å²) in [5.41, 5.74) is 3.62. The zero-order valence-corrected chi connectivity index (χ0v) is 30.6. The predicted octanol–water partition coefficient (Wildman–Crippen LogP) is 10.1. The van der Waals surface area contributed by atoms with Crippen molar-refractivity contribution in [2.24, 2.45) is 5.92 Å². The second kappa shape index (κ2) is 14.4. The molecule has 1 radical (unpaired) electrons. The molecule has 6 aromatic rings. The number of thiophene rings is 1. The van der Waals surface area contributed by atoms with Crippen molar-refractivity contribution in [3.63, 3.8) is 0 Å². The Hall–Kier alpha value is -3.02. The molecule has 7 rings (SSSR count). The molecule has 0 fully saturated rings. The summed E-state index contributed by atoms with van der Waals surface area (Å²) in [6, 6.07) is 21.6.